The quantitative estimate of drug-likeness (QED) is 0.831. The summed E-state index contributed by atoms with van der Waals surface area (Å²) in [6.45, 7) is 0. The molecule has 0 aromatic carbocycles. The molecule has 0 spiro atoms. The van der Waals surface area contributed by atoms with Crippen LogP contribution in [-0.2, 0) is 4.79 Å². The molecule has 3 rings (SSSR count). The van der Waals surface area contributed by atoms with Gasteiger partial charge in [0.15, 0.2) is 0 Å². The molecule has 0 bridgehead atoms. The monoisotopic (exact) mass is 281 g/mol. The predicted octanol–water partition coefficient (Wildman–Crippen LogP) is 2.38. The fourth-order valence-electron chi connectivity index (χ4n) is 2.06. The first-order chi connectivity index (χ1) is 7.72. The molecule has 1 fully saturated rings. The van der Waals surface area contributed by atoms with Crippen LogP contribution in [0.3, 0.4) is 0 Å². The SMILES string of the molecule is O=C1CC(C2CC2)Nc2ncc(Br)cc2N1. The molecule has 1 saturated carbocycles. The van der Waals surface area contributed by atoms with Gasteiger partial charge in [0.1, 0.15) is 5.82 Å². The van der Waals surface area contributed by atoms with Crippen LogP contribution in [0.5, 0.6) is 0 Å². The van der Waals surface area contributed by atoms with Gasteiger partial charge in [0.2, 0.25) is 5.91 Å². The Bertz CT molecular complexity index is 445. The first-order valence-electron chi connectivity index (χ1n) is 5.44. The standard InChI is InChI=1S/C11H12BrN3O/c12-7-3-9-11(13-5-7)15-8(6-1-2-6)4-10(16)14-9/h3,5-6,8H,1-2,4H2,(H,13,15)(H,14,16). The van der Waals surface area contributed by atoms with E-state index in [4.69, 9.17) is 0 Å². The van der Waals surface area contributed by atoms with Crippen molar-refractivity contribution >= 4 is 33.3 Å². The largest absolute Gasteiger partial charge is 0.365 e. The first kappa shape index (κ1) is 10.1. The molecule has 5 heteroatoms. The van der Waals surface area contributed by atoms with Crippen molar-refractivity contribution in [2.45, 2.75) is 25.3 Å². The minimum absolute atomic E-state index is 0.0723. The highest BCUT2D eigenvalue weighted by Crippen LogP contribution is 2.38. The Labute approximate surface area is 102 Å². The number of fused-ring (bicyclic) bond motifs is 1. The van der Waals surface area contributed by atoms with Gasteiger partial charge in [0.25, 0.3) is 0 Å². The lowest BCUT2D eigenvalue weighted by molar-refractivity contribution is -0.116. The Morgan fingerprint density at radius 3 is 3.00 bits per heavy atom. The molecule has 2 N–H and O–H groups in total. The lowest BCUT2D eigenvalue weighted by Gasteiger charge is -2.14. The fraction of sp³-hybridized carbons (Fsp3) is 0.455. The summed E-state index contributed by atoms with van der Waals surface area (Å²) >= 11 is 3.35. The molecule has 0 saturated heterocycles. The number of rotatable bonds is 1. The van der Waals surface area contributed by atoms with Crippen molar-refractivity contribution in [3.8, 4) is 0 Å². The topological polar surface area (TPSA) is 54.0 Å². The number of hydrogen-bond acceptors (Lipinski definition) is 3. The lowest BCUT2D eigenvalue weighted by atomic mass is 10.1. The minimum atomic E-state index is 0.0723. The van der Waals surface area contributed by atoms with E-state index < -0.39 is 0 Å². The van der Waals surface area contributed by atoms with Crippen LogP contribution in [0.4, 0.5) is 11.5 Å². The zero-order valence-electron chi connectivity index (χ0n) is 8.66. The zero-order valence-corrected chi connectivity index (χ0v) is 10.3. The van der Waals surface area contributed by atoms with Gasteiger partial charge in [-0.2, -0.15) is 0 Å². The maximum Gasteiger partial charge on any atom is 0.226 e. The number of hydrogen-bond donors (Lipinski definition) is 2. The average molecular weight is 282 g/mol. The highest BCUT2D eigenvalue weighted by atomic mass is 79.9. The second kappa shape index (κ2) is 3.73. The van der Waals surface area contributed by atoms with Gasteiger partial charge in [-0.05, 0) is 40.8 Å². The molecule has 2 heterocycles. The van der Waals surface area contributed by atoms with Gasteiger partial charge in [-0.25, -0.2) is 4.98 Å². The molecule has 1 aromatic heterocycles. The molecule has 1 aliphatic carbocycles. The minimum Gasteiger partial charge on any atom is -0.365 e. The van der Waals surface area contributed by atoms with Crippen LogP contribution in [0.2, 0.25) is 0 Å². The molecular formula is C11H12BrN3O. The molecule has 1 unspecified atom stereocenters. The van der Waals surface area contributed by atoms with Crippen molar-refractivity contribution < 1.29 is 4.79 Å². The average Bonchev–Trinajstić information content (AvgIpc) is 3.02. The van der Waals surface area contributed by atoms with Gasteiger partial charge in [-0.15, -0.1) is 0 Å². The van der Waals surface area contributed by atoms with Crippen molar-refractivity contribution in [2.75, 3.05) is 10.6 Å². The van der Waals surface area contributed by atoms with Gasteiger partial charge >= 0.3 is 0 Å². The molecule has 1 aromatic rings. The van der Waals surface area contributed by atoms with Crippen LogP contribution >= 0.6 is 15.9 Å². The third kappa shape index (κ3) is 1.91. The van der Waals surface area contributed by atoms with Gasteiger partial charge in [0, 0.05) is 23.1 Å². The Morgan fingerprint density at radius 1 is 1.44 bits per heavy atom. The van der Waals surface area contributed by atoms with E-state index in [0.29, 0.717) is 12.3 Å². The number of carbonyl (C=O) groups excluding carboxylic acids is 1. The van der Waals surface area contributed by atoms with E-state index >= 15 is 0 Å². The van der Waals surface area contributed by atoms with E-state index in [1.54, 1.807) is 6.20 Å². The van der Waals surface area contributed by atoms with Crippen LogP contribution in [0, 0.1) is 5.92 Å². The predicted molar refractivity (Wildman–Crippen MR) is 65.3 cm³/mol. The summed E-state index contributed by atoms with van der Waals surface area (Å²) in [5.41, 5.74) is 0.766. The normalized spacial score (nSPS) is 24.1. The van der Waals surface area contributed by atoms with Crippen LogP contribution in [0.1, 0.15) is 19.3 Å². The van der Waals surface area contributed by atoms with Crippen LogP contribution < -0.4 is 10.6 Å². The van der Waals surface area contributed by atoms with Gasteiger partial charge in [-0.1, -0.05) is 0 Å². The number of pyridine rings is 1. The first-order valence-corrected chi connectivity index (χ1v) is 6.23. The summed E-state index contributed by atoms with van der Waals surface area (Å²) in [5, 5.41) is 6.25. The molecule has 16 heavy (non-hydrogen) atoms. The van der Waals surface area contributed by atoms with E-state index in [1.807, 2.05) is 6.07 Å². The number of halogens is 1. The van der Waals surface area contributed by atoms with E-state index in [2.05, 4.69) is 31.5 Å². The van der Waals surface area contributed by atoms with Crippen LogP contribution in [-0.4, -0.2) is 16.9 Å². The summed E-state index contributed by atoms with van der Waals surface area (Å²) in [6.07, 6.45) is 4.72. The van der Waals surface area contributed by atoms with Crippen molar-refractivity contribution in [2.24, 2.45) is 5.92 Å². The number of carbonyl (C=O) groups is 1. The van der Waals surface area contributed by atoms with Gasteiger partial charge < -0.3 is 10.6 Å². The second-order valence-electron chi connectivity index (χ2n) is 4.39. The maximum atomic E-state index is 11.7. The maximum absolute atomic E-state index is 11.7. The summed E-state index contributed by atoms with van der Waals surface area (Å²) in [4.78, 5) is 16.0. The molecule has 0 radical (unpaired) electrons. The zero-order chi connectivity index (χ0) is 11.1. The summed E-state index contributed by atoms with van der Waals surface area (Å²) in [7, 11) is 0. The van der Waals surface area contributed by atoms with Gasteiger partial charge in [0.05, 0.1) is 5.69 Å². The van der Waals surface area contributed by atoms with E-state index in [9.17, 15) is 4.79 Å². The molecule has 2 aliphatic rings. The Balaban J connectivity index is 1.94. The lowest BCUT2D eigenvalue weighted by Crippen LogP contribution is -2.24. The van der Waals surface area contributed by atoms with E-state index in [0.717, 1.165) is 16.0 Å². The van der Waals surface area contributed by atoms with E-state index in [-0.39, 0.29) is 11.9 Å². The molecule has 4 nitrogen and oxygen atoms in total. The van der Waals surface area contributed by atoms with Crippen molar-refractivity contribution in [1.82, 2.24) is 4.98 Å². The smallest absolute Gasteiger partial charge is 0.226 e. The number of aromatic nitrogens is 1. The number of amides is 1. The second-order valence-corrected chi connectivity index (χ2v) is 5.31. The van der Waals surface area contributed by atoms with Crippen molar-refractivity contribution in [1.29, 1.82) is 0 Å². The third-order valence-electron chi connectivity index (χ3n) is 3.05. The number of nitrogens with one attached hydrogen (secondary N) is 2. The highest BCUT2D eigenvalue weighted by Gasteiger charge is 2.34. The van der Waals surface area contributed by atoms with E-state index in [1.165, 1.54) is 12.8 Å². The number of anilines is 2. The Morgan fingerprint density at radius 2 is 2.25 bits per heavy atom. The molecular weight excluding hydrogens is 270 g/mol. The van der Waals surface area contributed by atoms with Crippen molar-refractivity contribution in [3.63, 3.8) is 0 Å². The van der Waals surface area contributed by atoms with Crippen molar-refractivity contribution in [3.05, 3.63) is 16.7 Å². The van der Waals surface area contributed by atoms with Gasteiger partial charge in [-0.3, -0.25) is 4.79 Å². The molecule has 1 aliphatic heterocycles. The Hall–Kier alpha value is -1.10. The number of nitrogens with zero attached hydrogens (tertiary/aromatic N) is 1. The fourth-order valence-corrected chi connectivity index (χ4v) is 2.39. The summed E-state index contributed by atoms with van der Waals surface area (Å²) in [5.74, 6) is 1.50. The summed E-state index contributed by atoms with van der Waals surface area (Å²) in [6, 6.07) is 2.12. The van der Waals surface area contributed by atoms with Crippen LogP contribution in [0.25, 0.3) is 0 Å². The molecule has 1 amide bonds. The molecule has 1 atom stereocenters. The third-order valence-corrected chi connectivity index (χ3v) is 3.48. The Kier molecular flexibility index (Phi) is 2.35. The molecule has 84 valence electrons. The van der Waals surface area contributed by atoms with Crippen LogP contribution in [0.15, 0.2) is 16.7 Å². The summed E-state index contributed by atoms with van der Waals surface area (Å²) < 4.78 is 0.873. The highest BCUT2D eigenvalue weighted by molar-refractivity contribution is 9.10.